The highest BCUT2D eigenvalue weighted by Crippen LogP contribution is 2.38. The number of ether oxygens (including phenoxy) is 1. The van der Waals surface area contributed by atoms with E-state index in [1.807, 2.05) is 41.1 Å². The van der Waals surface area contributed by atoms with Crippen molar-refractivity contribution >= 4 is 11.8 Å². The molecule has 0 unspecified atom stereocenters. The maximum absolute atomic E-state index is 13.2. The number of fused-ring (bicyclic) bond motifs is 1. The SMILES string of the molecule is CC(=O)N1CCC2(CCCCN(C)CCOc3ccccc3C(=O)N(C)C2)CC1. The van der Waals surface area contributed by atoms with Gasteiger partial charge in [-0.1, -0.05) is 18.6 Å². The Morgan fingerprint density at radius 3 is 2.45 bits per heavy atom. The monoisotopic (exact) mass is 401 g/mol. The van der Waals surface area contributed by atoms with E-state index in [4.69, 9.17) is 4.74 Å². The molecule has 1 aromatic rings. The number of carbonyl (C=O) groups is 2. The number of likely N-dealkylation sites (N-methyl/N-ethyl adjacent to an activating group) is 1. The van der Waals surface area contributed by atoms with Gasteiger partial charge < -0.3 is 19.4 Å². The molecule has 1 saturated heterocycles. The molecule has 0 bridgehead atoms. The molecule has 29 heavy (non-hydrogen) atoms. The van der Waals surface area contributed by atoms with E-state index in [0.717, 1.165) is 64.8 Å². The van der Waals surface area contributed by atoms with Crippen LogP contribution in [0.25, 0.3) is 0 Å². The summed E-state index contributed by atoms with van der Waals surface area (Å²) in [7, 11) is 4.03. The predicted octanol–water partition coefficient (Wildman–Crippen LogP) is 2.88. The molecule has 1 aromatic carbocycles. The summed E-state index contributed by atoms with van der Waals surface area (Å²) < 4.78 is 5.97. The van der Waals surface area contributed by atoms with E-state index in [2.05, 4.69) is 11.9 Å². The Hall–Kier alpha value is -2.08. The zero-order valence-corrected chi connectivity index (χ0v) is 18.2. The zero-order chi connectivity index (χ0) is 20.9. The second kappa shape index (κ2) is 9.61. The van der Waals surface area contributed by atoms with E-state index in [0.29, 0.717) is 17.9 Å². The van der Waals surface area contributed by atoms with Gasteiger partial charge in [-0.25, -0.2) is 0 Å². The molecule has 0 aliphatic carbocycles. The minimum atomic E-state index is 0.0133. The van der Waals surface area contributed by atoms with E-state index in [1.165, 1.54) is 0 Å². The van der Waals surface area contributed by atoms with Crippen molar-refractivity contribution in [2.45, 2.75) is 39.0 Å². The topological polar surface area (TPSA) is 53.1 Å². The Bertz CT molecular complexity index is 713. The standard InChI is InChI=1S/C23H35N3O3/c1-19(27)26-14-11-23(12-15-26)10-6-7-13-24(2)16-17-29-21-9-5-4-8-20(21)22(28)25(3)18-23/h4-5,8-9H,6-7,10-18H2,1-3H3. The molecule has 1 fully saturated rings. The van der Waals surface area contributed by atoms with Gasteiger partial charge in [0.1, 0.15) is 12.4 Å². The van der Waals surface area contributed by atoms with Gasteiger partial charge in [-0.15, -0.1) is 0 Å². The number of benzene rings is 1. The minimum Gasteiger partial charge on any atom is -0.491 e. The number of nitrogens with zero attached hydrogens (tertiary/aromatic N) is 3. The molecule has 1 spiro atoms. The molecule has 6 heteroatoms. The van der Waals surface area contributed by atoms with Gasteiger partial charge in [0.2, 0.25) is 5.91 Å². The molecule has 0 N–H and O–H groups in total. The van der Waals surface area contributed by atoms with Gasteiger partial charge in [0.05, 0.1) is 5.56 Å². The number of rotatable bonds is 0. The lowest BCUT2D eigenvalue weighted by atomic mass is 9.74. The third-order valence-corrected chi connectivity index (χ3v) is 6.53. The van der Waals surface area contributed by atoms with Crippen LogP contribution in [0.3, 0.4) is 0 Å². The average Bonchev–Trinajstić information content (AvgIpc) is 2.71. The Labute approximate surface area is 174 Å². The summed E-state index contributed by atoms with van der Waals surface area (Å²) in [6, 6.07) is 7.55. The summed E-state index contributed by atoms with van der Waals surface area (Å²) in [4.78, 5) is 31.1. The first-order valence-electron chi connectivity index (χ1n) is 10.8. The minimum absolute atomic E-state index is 0.0133. The van der Waals surface area contributed by atoms with Crippen LogP contribution in [0.4, 0.5) is 0 Å². The number of piperidine rings is 1. The van der Waals surface area contributed by atoms with Crippen LogP contribution in [0.2, 0.25) is 0 Å². The summed E-state index contributed by atoms with van der Waals surface area (Å²) >= 11 is 0. The number of likely N-dealkylation sites (tertiary alicyclic amines) is 1. The molecular weight excluding hydrogens is 366 g/mol. The van der Waals surface area contributed by atoms with Crippen LogP contribution in [0.5, 0.6) is 5.75 Å². The zero-order valence-electron chi connectivity index (χ0n) is 18.2. The molecule has 2 aliphatic heterocycles. The van der Waals surface area contributed by atoms with Gasteiger partial charge in [0.25, 0.3) is 5.91 Å². The van der Waals surface area contributed by atoms with Crippen molar-refractivity contribution in [2.24, 2.45) is 5.41 Å². The number of carbonyl (C=O) groups excluding carboxylic acids is 2. The van der Waals surface area contributed by atoms with Crippen molar-refractivity contribution in [3.8, 4) is 5.75 Å². The lowest BCUT2D eigenvalue weighted by molar-refractivity contribution is -0.131. The van der Waals surface area contributed by atoms with E-state index in [9.17, 15) is 9.59 Å². The largest absolute Gasteiger partial charge is 0.491 e. The van der Waals surface area contributed by atoms with Crippen LogP contribution in [0, 0.1) is 5.41 Å². The highest BCUT2D eigenvalue weighted by Gasteiger charge is 2.37. The van der Waals surface area contributed by atoms with Crippen LogP contribution in [-0.2, 0) is 4.79 Å². The van der Waals surface area contributed by atoms with E-state index in [1.54, 1.807) is 6.92 Å². The maximum atomic E-state index is 13.2. The van der Waals surface area contributed by atoms with E-state index in [-0.39, 0.29) is 17.2 Å². The molecule has 2 heterocycles. The van der Waals surface area contributed by atoms with Gasteiger partial charge in [-0.3, -0.25) is 9.59 Å². The molecule has 2 amide bonds. The fourth-order valence-electron chi connectivity index (χ4n) is 4.64. The van der Waals surface area contributed by atoms with Gasteiger partial charge in [-0.2, -0.15) is 0 Å². The van der Waals surface area contributed by atoms with Gasteiger partial charge in [-0.05, 0) is 56.8 Å². The molecule has 0 atom stereocenters. The first-order valence-corrected chi connectivity index (χ1v) is 10.8. The summed E-state index contributed by atoms with van der Waals surface area (Å²) in [6.07, 6.45) is 5.30. The fraction of sp³-hybridized carbons (Fsp3) is 0.652. The third-order valence-electron chi connectivity index (χ3n) is 6.53. The van der Waals surface area contributed by atoms with Crippen molar-refractivity contribution < 1.29 is 14.3 Å². The van der Waals surface area contributed by atoms with Crippen LogP contribution in [0.1, 0.15) is 49.4 Å². The van der Waals surface area contributed by atoms with Crippen LogP contribution in [-0.4, -0.2) is 79.9 Å². The number of hydrogen-bond donors (Lipinski definition) is 0. The van der Waals surface area contributed by atoms with Crippen molar-refractivity contribution in [1.29, 1.82) is 0 Å². The molecule has 0 saturated carbocycles. The normalized spacial score (nSPS) is 22.0. The highest BCUT2D eigenvalue weighted by molar-refractivity contribution is 5.96. The van der Waals surface area contributed by atoms with Crippen molar-refractivity contribution in [3.63, 3.8) is 0 Å². The van der Waals surface area contributed by atoms with Gasteiger partial charge in [0.15, 0.2) is 0 Å². The number of para-hydroxylation sites is 1. The Morgan fingerprint density at radius 2 is 1.72 bits per heavy atom. The molecule has 160 valence electrons. The van der Waals surface area contributed by atoms with Crippen LogP contribution >= 0.6 is 0 Å². The molecule has 2 aliphatic rings. The Kier molecular flexibility index (Phi) is 7.17. The Morgan fingerprint density at radius 1 is 1.00 bits per heavy atom. The fourth-order valence-corrected chi connectivity index (χ4v) is 4.64. The summed E-state index contributed by atoms with van der Waals surface area (Å²) in [6.45, 7) is 6.42. The highest BCUT2D eigenvalue weighted by atomic mass is 16.5. The van der Waals surface area contributed by atoms with Crippen molar-refractivity contribution in [2.75, 3.05) is 53.4 Å². The first kappa shape index (κ1) is 21.6. The number of hydrogen-bond acceptors (Lipinski definition) is 4. The third kappa shape index (κ3) is 5.50. The molecule has 0 aromatic heterocycles. The smallest absolute Gasteiger partial charge is 0.257 e. The summed E-state index contributed by atoms with van der Waals surface area (Å²) in [5.41, 5.74) is 0.709. The van der Waals surface area contributed by atoms with Crippen molar-refractivity contribution in [1.82, 2.24) is 14.7 Å². The van der Waals surface area contributed by atoms with Gasteiger partial charge >= 0.3 is 0 Å². The summed E-state index contributed by atoms with van der Waals surface area (Å²) in [5.74, 6) is 0.826. The first-order chi connectivity index (χ1) is 13.9. The van der Waals surface area contributed by atoms with Crippen LogP contribution in [0.15, 0.2) is 24.3 Å². The molecular formula is C23H35N3O3. The lowest BCUT2D eigenvalue weighted by Gasteiger charge is -2.44. The maximum Gasteiger partial charge on any atom is 0.257 e. The molecule has 6 nitrogen and oxygen atoms in total. The quantitative estimate of drug-likeness (QED) is 0.671. The number of amides is 2. The second-order valence-electron chi connectivity index (χ2n) is 8.77. The molecule has 0 radical (unpaired) electrons. The second-order valence-corrected chi connectivity index (χ2v) is 8.77. The van der Waals surface area contributed by atoms with Crippen LogP contribution < -0.4 is 4.74 Å². The molecule has 3 rings (SSSR count). The van der Waals surface area contributed by atoms with E-state index >= 15 is 0 Å². The van der Waals surface area contributed by atoms with Crippen molar-refractivity contribution in [3.05, 3.63) is 29.8 Å². The summed E-state index contributed by atoms with van der Waals surface area (Å²) in [5, 5.41) is 0. The predicted molar refractivity (Wildman–Crippen MR) is 114 cm³/mol. The Balaban J connectivity index is 1.82. The van der Waals surface area contributed by atoms with Gasteiger partial charge in [0, 0.05) is 40.2 Å². The lowest BCUT2D eigenvalue weighted by Crippen LogP contribution is -2.48. The average molecular weight is 402 g/mol. The van der Waals surface area contributed by atoms with E-state index < -0.39 is 0 Å².